The molecule has 0 radical (unpaired) electrons. The molecule has 52 valence electrons. The van der Waals surface area contributed by atoms with Gasteiger partial charge < -0.3 is 0 Å². The van der Waals surface area contributed by atoms with E-state index in [1.807, 2.05) is 0 Å². The lowest BCUT2D eigenvalue weighted by Crippen LogP contribution is -2.22. The molecule has 1 heterocycles. The van der Waals surface area contributed by atoms with Crippen LogP contribution in [-0.4, -0.2) is 12.3 Å². The third-order valence-corrected chi connectivity index (χ3v) is 1.85. The minimum atomic E-state index is 0.501. The Balaban J connectivity index is 2.58. The third-order valence-electron chi connectivity index (χ3n) is 1.85. The topological polar surface area (TPSA) is 12.4 Å². The molecule has 0 fully saturated rings. The molecule has 1 unspecified atom stereocenters. The molecule has 0 saturated carbocycles. The largest absolute Gasteiger partial charge is 0.294 e. The highest BCUT2D eigenvalue weighted by atomic mass is 14.8. The normalized spacial score (nSPS) is 32.6. The molecule has 1 heteroatoms. The molecule has 1 nitrogen and oxygen atoms in total. The maximum Gasteiger partial charge on any atom is 0.0472 e. The Morgan fingerprint density at radius 3 is 2.56 bits per heavy atom. The van der Waals surface area contributed by atoms with Gasteiger partial charge in [-0.25, -0.2) is 0 Å². The lowest BCUT2D eigenvalue weighted by molar-refractivity contribution is 0.314. The molecule has 0 aromatic heterocycles. The van der Waals surface area contributed by atoms with E-state index < -0.39 is 0 Å². The van der Waals surface area contributed by atoms with Crippen molar-refractivity contribution in [3.05, 3.63) is 0 Å². The molecule has 9 heavy (non-hydrogen) atoms. The van der Waals surface area contributed by atoms with Gasteiger partial charge >= 0.3 is 0 Å². The first-order chi connectivity index (χ1) is 4.10. The van der Waals surface area contributed by atoms with Crippen molar-refractivity contribution in [2.75, 3.05) is 0 Å². The van der Waals surface area contributed by atoms with E-state index in [-0.39, 0.29) is 0 Å². The number of nitrogens with zero attached hydrogens (tertiary/aromatic N) is 1. The Bertz CT molecular complexity index is 125. The summed E-state index contributed by atoms with van der Waals surface area (Å²) in [7, 11) is 0. The van der Waals surface area contributed by atoms with Gasteiger partial charge in [-0.2, -0.15) is 0 Å². The smallest absolute Gasteiger partial charge is 0.0472 e. The van der Waals surface area contributed by atoms with Gasteiger partial charge in [-0.3, -0.25) is 4.99 Å². The van der Waals surface area contributed by atoms with E-state index in [1.165, 1.54) is 6.42 Å². The van der Waals surface area contributed by atoms with Gasteiger partial charge in [-0.05, 0) is 31.4 Å². The van der Waals surface area contributed by atoms with Gasteiger partial charge in [-0.15, -0.1) is 0 Å². The fourth-order valence-electron chi connectivity index (χ4n) is 1.42. The van der Waals surface area contributed by atoms with E-state index in [4.69, 9.17) is 0 Å². The van der Waals surface area contributed by atoms with Gasteiger partial charge in [0.2, 0.25) is 0 Å². The van der Waals surface area contributed by atoms with Crippen LogP contribution in [-0.2, 0) is 0 Å². The summed E-state index contributed by atoms with van der Waals surface area (Å²) in [5.74, 6) is 0. The summed E-state index contributed by atoms with van der Waals surface area (Å²) in [6.45, 7) is 6.78. The zero-order chi connectivity index (χ0) is 6.91. The van der Waals surface area contributed by atoms with Crippen molar-refractivity contribution in [1.82, 2.24) is 0 Å². The number of hydrogen-bond donors (Lipinski definition) is 0. The van der Waals surface area contributed by atoms with E-state index in [1.54, 1.807) is 0 Å². The molecule has 0 bridgehead atoms. The van der Waals surface area contributed by atoms with Gasteiger partial charge in [0.1, 0.15) is 0 Å². The predicted octanol–water partition coefficient (Wildman–Crippen LogP) is 2.27. The highest BCUT2D eigenvalue weighted by Gasteiger charge is 2.22. The molecule has 1 atom stereocenters. The molecular formula is C8H15N. The zero-order valence-corrected chi connectivity index (χ0v) is 6.52. The summed E-state index contributed by atoms with van der Waals surface area (Å²) in [4.78, 5) is 4.30. The Morgan fingerprint density at radius 2 is 2.22 bits per heavy atom. The van der Waals surface area contributed by atoms with Crippen LogP contribution in [0.25, 0.3) is 0 Å². The average Bonchev–Trinajstić information content (AvgIpc) is 1.60. The number of hydrogen-bond acceptors (Lipinski definition) is 1. The molecule has 0 N–H and O–H groups in total. The van der Waals surface area contributed by atoms with Gasteiger partial charge in [0.15, 0.2) is 0 Å². The van der Waals surface area contributed by atoms with Crippen LogP contribution in [0.3, 0.4) is 0 Å². The van der Waals surface area contributed by atoms with Crippen LogP contribution >= 0.6 is 0 Å². The van der Waals surface area contributed by atoms with E-state index in [0.29, 0.717) is 11.5 Å². The van der Waals surface area contributed by atoms with Crippen LogP contribution in [0.5, 0.6) is 0 Å². The molecule has 0 amide bonds. The van der Waals surface area contributed by atoms with Crippen LogP contribution in [0.15, 0.2) is 4.99 Å². The Labute approximate surface area is 57.2 Å². The van der Waals surface area contributed by atoms with Crippen molar-refractivity contribution in [1.29, 1.82) is 0 Å². The average molecular weight is 125 g/mol. The molecule has 0 aromatic carbocycles. The maximum atomic E-state index is 4.30. The minimum Gasteiger partial charge on any atom is -0.294 e. The van der Waals surface area contributed by atoms with Crippen molar-refractivity contribution in [2.24, 2.45) is 10.4 Å². The van der Waals surface area contributed by atoms with Crippen LogP contribution < -0.4 is 0 Å². The van der Waals surface area contributed by atoms with Crippen molar-refractivity contribution in [3.63, 3.8) is 0 Å². The van der Waals surface area contributed by atoms with E-state index >= 15 is 0 Å². The van der Waals surface area contributed by atoms with Gasteiger partial charge in [0, 0.05) is 6.04 Å². The molecule has 1 aliphatic rings. The second kappa shape index (κ2) is 2.13. The van der Waals surface area contributed by atoms with E-state index in [2.05, 4.69) is 32.0 Å². The SMILES string of the molecule is CC1CC(C)(C)CC=N1. The standard InChI is InChI=1S/C8H15N/c1-7-6-8(2,3)4-5-9-7/h5,7H,4,6H2,1-3H3. The molecule has 0 spiro atoms. The monoisotopic (exact) mass is 125 g/mol. The first-order valence-corrected chi connectivity index (χ1v) is 3.62. The first-order valence-electron chi connectivity index (χ1n) is 3.62. The minimum absolute atomic E-state index is 0.501. The number of aliphatic imine (C=N–C) groups is 1. The van der Waals surface area contributed by atoms with Crippen LogP contribution in [0.1, 0.15) is 33.6 Å². The lowest BCUT2D eigenvalue weighted by Gasteiger charge is -2.28. The molecule has 0 saturated heterocycles. The first kappa shape index (κ1) is 6.79. The predicted molar refractivity (Wildman–Crippen MR) is 41.0 cm³/mol. The lowest BCUT2D eigenvalue weighted by atomic mass is 9.82. The van der Waals surface area contributed by atoms with Crippen molar-refractivity contribution >= 4 is 6.21 Å². The Hall–Kier alpha value is -0.330. The zero-order valence-electron chi connectivity index (χ0n) is 6.52. The van der Waals surface area contributed by atoms with Crippen molar-refractivity contribution in [3.8, 4) is 0 Å². The Kier molecular flexibility index (Phi) is 1.60. The molecule has 1 rings (SSSR count). The quantitative estimate of drug-likeness (QED) is 0.471. The van der Waals surface area contributed by atoms with Crippen molar-refractivity contribution in [2.45, 2.75) is 39.7 Å². The van der Waals surface area contributed by atoms with Crippen LogP contribution in [0.4, 0.5) is 0 Å². The highest BCUT2D eigenvalue weighted by molar-refractivity contribution is 5.59. The van der Waals surface area contributed by atoms with Gasteiger partial charge in [0.05, 0.1) is 0 Å². The maximum absolute atomic E-state index is 4.30. The summed E-state index contributed by atoms with van der Waals surface area (Å²) in [6, 6.07) is 0.550. The number of rotatable bonds is 0. The molecule has 0 aliphatic carbocycles. The summed E-state index contributed by atoms with van der Waals surface area (Å²) in [6.07, 6.45) is 4.45. The van der Waals surface area contributed by atoms with Crippen molar-refractivity contribution < 1.29 is 0 Å². The van der Waals surface area contributed by atoms with Gasteiger partial charge in [-0.1, -0.05) is 13.8 Å². The third kappa shape index (κ3) is 1.81. The summed E-state index contributed by atoms with van der Waals surface area (Å²) >= 11 is 0. The van der Waals surface area contributed by atoms with Crippen LogP contribution in [0, 0.1) is 5.41 Å². The fraction of sp³-hybridized carbons (Fsp3) is 0.875. The molecular weight excluding hydrogens is 110 g/mol. The fourth-order valence-corrected chi connectivity index (χ4v) is 1.42. The van der Waals surface area contributed by atoms with Gasteiger partial charge in [0.25, 0.3) is 0 Å². The molecule has 1 aliphatic heterocycles. The second-order valence-electron chi connectivity index (χ2n) is 3.75. The van der Waals surface area contributed by atoms with E-state index in [0.717, 1.165) is 6.42 Å². The summed E-state index contributed by atoms with van der Waals surface area (Å²) in [5, 5.41) is 0. The van der Waals surface area contributed by atoms with Crippen LogP contribution in [0.2, 0.25) is 0 Å². The van der Waals surface area contributed by atoms with E-state index in [9.17, 15) is 0 Å². The highest BCUT2D eigenvalue weighted by Crippen LogP contribution is 2.29. The molecule has 0 aromatic rings. The summed E-state index contributed by atoms with van der Waals surface area (Å²) < 4.78 is 0. The Morgan fingerprint density at radius 1 is 1.56 bits per heavy atom. The second-order valence-corrected chi connectivity index (χ2v) is 3.75. The summed E-state index contributed by atoms with van der Waals surface area (Å²) in [5.41, 5.74) is 0.501.